The van der Waals surface area contributed by atoms with Gasteiger partial charge in [-0.05, 0) is 26.8 Å². The van der Waals surface area contributed by atoms with E-state index in [1.54, 1.807) is 6.08 Å². The number of hydrogen-bond acceptors (Lipinski definition) is 4. The van der Waals surface area contributed by atoms with Gasteiger partial charge in [-0.3, -0.25) is 9.69 Å². The minimum absolute atomic E-state index is 0.0565. The molecule has 5 heteroatoms. The van der Waals surface area contributed by atoms with Crippen molar-refractivity contribution in [1.29, 1.82) is 0 Å². The molecule has 0 radical (unpaired) electrons. The zero-order valence-electron chi connectivity index (χ0n) is 12.6. The Labute approximate surface area is 121 Å². The summed E-state index contributed by atoms with van der Waals surface area (Å²) in [4.78, 5) is 14.2. The van der Waals surface area contributed by atoms with Crippen LogP contribution >= 0.6 is 0 Å². The van der Waals surface area contributed by atoms with Crippen molar-refractivity contribution in [2.24, 2.45) is 0 Å². The first-order valence-electron chi connectivity index (χ1n) is 7.46. The molecule has 1 spiro atoms. The Kier molecular flexibility index (Phi) is 5.18. The molecule has 1 amide bonds. The van der Waals surface area contributed by atoms with Crippen molar-refractivity contribution in [1.82, 2.24) is 10.2 Å². The topological polar surface area (TPSA) is 50.8 Å². The maximum atomic E-state index is 12.0. The van der Waals surface area contributed by atoms with Gasteiger partial charge in [-0.15, -0.1) is 6.58 Å². The molecule has 1 aliphatic heterocycles. The maximum Gasteiger partial charge on any atom is 0.237 e. The third kappa shape index (κ3) is 3.40. The van der Waals surface area contributed by atoms with Crippen molar-refractivity contribution in [2.75, 3.05) is 26.8 Å². The van der Waals surface area contributed by atoms with Crippen LogP contribution in [0.2, 0.25) is 0 Å². The Morgan fingerprint density at radius 2 is 2.05 bits per heavy atom. The number of ether oxygens (including phenoxy) is 2. The van der Waals surface area contributed by atoms with E-state index in [-0.39, 0.29) is 17.7 Å². The molecule has 1 aliphatic carbocycles. The second-order valence-electron chi connectivity index (χ2n) is 5.71. The smallest absolute Gasteiger partial charge is 0.237 e. The highest BCUT2D eigenvalue weighted by Crippen LogP contribution is 2.37. The number of likely N-dealkylation sites (N-methyl/N-ethyl adjacent to an activating group) is 1. The minimum Gasteiger partial charge on any atom is -0.351 e. The molecular formula is C15H26N2O3. The third-order valence-electron chi connectivity index (χ3n) is 4.52. The van der Waals surface area contributed by atoms with E-state index < -0.39 is 0 Å². The second-order valence-corrected chi connectivity index (χ2v) is 5.71. The number of nitrogens with zero attached hydrogens (tertiary/aromatic N) is 1. The highest BCUT2D eigenvalue weighted by Gasteiger charge is 2.41. The largest absolute Gasteiger partial charge is 0.351 e. The van der Waals surface area contributed by atoms with Crippen LogP contribution < -0.4 is 5.32 Å². The second kappa shape index (κ2) is 6.70. The van der Waals surface area contributed by atoms with Gasteiger partial charge in [0.25, 0.3) is 0 Å². The van der Waals surface area contributed by atoms with E-state index in [9.17, 15) is 4.79 Å². The predicted octanol–water partition coefficient (Wildman–Crippen LogP) is 1.29. The van der Waals surface area contributed by atoms with Crippen LogP contribution in [-0.2, 0) is 14.3 Å². The first-order valence-corrected chi connectivity index (χ1v) is 7.46. The van der Waals surface area contributed by atoms with Gasteiger partial charge >= 0.3 is 0 Å². The summed E-state index contributed by atoms with van der Waals surface area (Å²) < 4.78 is 11.5. The van der Waals surface area contributed by atoms with Gasteiger partial charge in [0.2, 0.25) is 5.91 Å². The fraction of sp³-hybridized carbons (Fsp3) is 0.800. The SMILES string of the molecule is C=CCNC(=O)C(C)N(C)C1CCC2(CC1)OCCO2. The average molecular weight is 282 g/mol. The minimum atomic E-state index is -0.328. The fourth-order valence-electron chi connectivity index (χ4n) is 3.06. The van der Waals surface area contributed by atoms with Gasteiger partial charge in [-0.1, -0.05) is 6.08 Å². The van der Waals surface area contributed by atoms with Crippen molar-refractivity contribution in [3.63, 3.8) is 0 Å². The Morgan fingerprint density at radius 3 is 2.60 bits per heavy atom. The summed E-state index contributed by atoms with van der Waals surface area (Å²) in [6.07, 6.45) is 5.56. The summed E-state index contributed by atoms with van der Waals surface area (Å²) in [7, 11) is 2.02. The van der Waals surface area contributed by atoms with Crippen molar-refractivity contribution >= 4 is 5.91 Å². The molecule has 0 aromatic carbocycles. The molecule has 1 N–H and O–H groups in total. The Bertz CT molecular complexity index is 343. The summed E-state index contributed by atoms with van der Waals surface area (Å²) >= 11 is 0. The van der Waals surface area contributed by atoms with Crippen molar-refractivity contribution < 1.29 is 14.3 Å². The first kappa shape index (κ1) is 15.5. The molecule has 0 bridgehead atoms. The van der Waals surface area contributed by atoms with Crippen LogP contribution in [0.15, 0.2) is 12.7 Å². The van der Waals surface area contributed by atoms with Crippen LogP contribution in [0.3, 0.4) is 0 Å². The van der Waals surface area contributed by atoms with Crippen LogP contribution in [-0.4, -0.2) is 55.5 Å². The number of hydrogen-bond donors (Lipinski definition) is 1. The van der Waals surface area contributed by atoms with Crippen molar-refractivity contribution in [3.8, 4) is 0 Å². The molecule has 2 rings (SSSR count). The summed E-state index contributed by atoms with van der Waals surface area (Å²) in [5, 5.41) is 2.85. The van der Waals surface area contributed by atoms with Gasteiger partial charge in [0, 0.05) is 25.4 Å². The molecule has 5 nitrogen and oxygen atoms in total. The van der Waals surface area contributed by atoms with Gasteiger partial charge < -0.3 is 14.8 Å². The highest BCUT2D eigenvalue weighted by atomic mass is 16.7. The van der Waals surface area contributed by atoms with Crippen LogP contribution in [0.4, 0.5) is 0 Å². The number of amides is 1. The highest BCUT2D eigenvalue weighted by molar-refractivity contribution is 5.81. The molecule has 1 heterocycles. The number of carbonyl (C=O) groups is 1. The molecule has 0 aromatic heterocycles. The molecule has 1 saturated heterocycles. The van der Waals surface area contributed by atoms with Crippen LogP contribution in [0, 0.1) is 0 Å². The monoisotopic (exact) mass is 282 g/mol. The van der Waals surface area contributed by atoms with E-state index in [0.29, 0.717) is 25.8 Å². The quantitative estimate of drug-likeness (QED) is 0.772. The summed E-state index contributed by atoms with van der Waals surface area (Å²) in [5.41, 5.74) is 0. The predicted molar refractivity (Wildman–Crippen MR) is 77.3 cm³/mol. The zero-order chi connectivity index (χ0) is 14.6. The lowest BCUT2D eigenvalue weighted by Crippen LogP contribution is -2.50. The summed E-state index contributed by atoms with van der Waals surface area (Å²) in [5.74, 6) is -0.271. The molecule has 114 valence electrons. The van der Waals surface area contributed by atoms with Crippen LogP contribution in [0.5, 0.6) is 0 Å². The van der Waals surface area contributed by atoms with Crippen molar-refractivity contribution in [3.05, 3.63) is 12.7 Å². The van der Waals surface area contributed by atoms with E-state index in [0.717, 1.165) is 25.7 Å². The summed E-state index contributed by atoms with van der Waals surface area (Å²) in [6, 6.07) is 0.289. The zero-order valence-corrected chi connectivity index (χ0v) is 12.6. The normalized spacial score (nSPS) is 23.9. The third-order valence-corrected chi connectivity index (χ3v) is 4.52. The van der Waals surface area contributed by atoms with Gasteiger partial charge in [-0.25, -0.2) is 0 Å². The maximum absolute atomic E-state index is 12.0. The van der Waals surface area contributed by atoms with Gasteiger partial charge in [0.05, 0.1) is 19.3 Å². The Balaban J connectivity index is 1.82. The lowest BCUT2D eigenvalue weighted by Gasteiger charge is -2.40. The van der Waals surface area contributed by atoms with E-state index in [4.69, 9.17) is 9.47 Å². The van der Waals surface area contributed by atoms with E-state index >= 15 is 0 Å². The standard InChI is InChI=1S/C15H26N2O3/c1-4-9-16-14(18)12(2)17(3)13-5-7-15(8-6-13)19-10-11-20-15/h4,12-13H,1,5-11H2,2-3H3,(H,16,18). The molecule has 1 saturated carbocycles. The number of carbonyl (C=O) groups excluding carboxylic acids is 1. The van der Waals surface area contributed by atoms with E-state index in [1.165, 1.54) is 0 Å². The lowest BCUT2D eigenvalue weighted by molar-refractivity contribution is -0.184. The van der Waals surface area contributed by atoms with Crippen molar-refractivity contribution in [2.45, 2.75) is 50.5 Å². The van der Waals surface area contributed by atoms with E-state index in [1.807, 2.05) is 14.0 Å². The number of rotatable bonds is 5. The molecule has 20 heavy (non-hydrogen) atoms. The van der Waals surface area contributed by atoms with Gasteiger partial charge in [0.1, 0.15) is 0 Å². The molecule has 1 unspecified atom stereocenters. The summed E-state index contributed by atoms with van der Waals surface area (Å²) in [6.45, 7) is 7.50. The Hall–Kier alpha value is -0.910. The lowest BCUT2D eigenvalue weighted by atomic mass is 9.88. The molecular weight excluding hydrogens is 256 g/mol. The van der Waals surface area contributed by atoms with E-state index in [2.05, 4.69) is 16.8 Å². The number of nitrogens with one attached hydrogen (secondary N) is 1. The molecule has 0 aromatic rings. The molecule has 2 aliphatic rings. The average Bonchev–Trinajstić information content (AvgIpc) is 2.92. The fourth-order valence-corrected chi connectivity index (χ4v) is 3.06. The molecule has 2 fully saturated rings. The molecule has 1 atom stereocenters. The van der Waals surface area contributed by atoms with Crippen LogP contribution in [0.1, 0.15) is 32.6 Å². The first-order chi connectivity index (χ1) is 9.58. The Morgan fingerprint density at radius 1 is 1.45 bits per heavy atom. The van der Waals surface area contributed by atoms with Gasteiger partial charge in [-0.2, -0.15) is 0 Å². The van der Waals surface area contributed by atoms with Crippen LogP contribution in [0.25, 0.3) is 0 Å². The van der Waals surface area contributed by atoms with Gasteiger partial charge in [0.15, 0.2) is 5.79 Å².